The van der Waals surface area contributed by atoms with Gasteiger partial charge in [-0.25, -0.2) is 4.98 Å². The number of nitrogens with zero attached hydrogens (tertiary/aromatic N) is 2. The number of aryl methyl sites for hydroxylation is 1. The van der Waals surface area contributed by atoms with E-state index >= 15 is 0 Å². The van der Waals surface area contributed by atoms with E-state index in [9.17, 15) is 33.6 Å². The fraction of sp³-hybridized carbons (Fsp3) is 0.791. The van der Waals surface area contributed by atoms with Gasteiger partial charge in [0, 0.05) is 32.1 Å². The standard InChI is InChI=1S/C38H74N5O17P.C4H6N2.CH3NO/c1-6-8-43(36(47)7-9-54-12-13-56-16-17-58-20-21-60-23-22-59-19-18-57-15-14-55-11-10-53-5)27-35(46)41-32(24-30(2)3)37(48)40-26-34(45)42-33(28-44)38(49)39-25-31(4)29-61(50,51)52;1-4-2-5-3-6-4;2-1-3/h30-33,44H,6-29H2,1-5H3,(H,39,49)(H,40,48)(H,41,46)(H,42,45)(H2,50,51,52);2-3H,1H3,(H,5,6);1H,(H2,2,3)/t31-,32+,33?;;/m1../s1. The number of primary amides is 1. The molecule has 0 aromatic carbocycles. The van der Waals surface area contributed by atoms with Crippen molar-refractivity contribution in [2.45, 2.75) is 66.0 Å². The minimum atomic E-state index is -4.29. The first-order chi connectivity index (χ1) is 33.4. The largest absolute Gasteiger partial charge is 0.394 e. The first-order valence-corrected chi connectivity index (χ1v) is 24.9. The first kappa shape index (κ1) is 67.9. The summed E-state index contributed by atoms with van der Waals surface area (Å²) in [7, 11) is -2.66. The van der Waals surface area contributed by atoms with Crippen LogP contribution in [0.15, 0.2) is 12.5 Å². The molecule has 0 saturated carbocycles. The van der Waals surface area contributed by atoms with Crippen molar-refractivity contribution < 1.29 is 86.1 Å². The number of aliphatic hydroxyl groups excluding tert-OH is 1. The van der Waals surface area contributed by atoms with Gasteiger partial charge in [-0.3, -0.25) is 33.3 Å². The van der Waals surface area contributed by atoms with Gasteiger partial charge in [0.2, 0.25) is 35.9 Å². The third kappa shape index (κ3) is 43.8. The van der Waals surface area contributed by atoms with Gasteiger partial charge >= 0.3 is 7.60 Å². The van der Waals surface area contributed by atoms with Crippen LogP contribution < -0.4 is 27.0 Å². The molecule has 0 aliphatic rings. The third-order valence-electron chi connectivity index (χ3n) is 8.73. The van der Waals surface area contributed by atoms with Crippen molar-refractivity contribution in [3.63, 3.8) is 0 Å². The third-order valence-corrected chi connectivity index (χ3v) is 9.83. The zero-order chi connectivity index (χ0) is 52.8. The molecule has 0 aliphatic carbocycles. The summed E-state index contributed by atoms with van der Waals surface area (Å²) in [5.41, 5.74) is 5.27. The van der Waals surface area contributed by atoms with Crippen LogP contribution >= 0.6 is 7.60 Å². The number of methoxy groups -OCH3 is 1. The Labute approximate surface area is 411 Å². The summed E-state index contributed by atoms with van der Waals surface area (Å²) in [6.45, 7) is 13.9. The molecule has 0 saturated heterocycles. The normalized spacial score (nSPS) is 12.3. The van der Waals surface area contributed by atoms with Gasteiger partial charge in [-0.05, 0) is 31.6 Å². The van der Waals surface area contributed by atoms with Crippen LogP contribution in [0.1, 0.15) is 52.7 Å². The number of aromatic nitrogens is 2. The maximum Gasteiger partial charge on any atom is 0.325 e. The summed E-state index contributed by atoms with van der Waals surface area (Å²) in [5, 5.41) is 19.4. The second kappa shape index (κ2) is 45.9. The lowest BCUT2D eigenvalue weighted by Crippen LogP contribution is -2.54. The minimum Gasteiger partial charge on any atom is -0.394 e. The second-order valence-electron chi connectivity index (χ2n) is 15.7. The van der Waals surface area contributed by atoms with Crippen LogP contribution in [0.4, 0.5) is 0 Å². The summed E-state index contributed by atoms with van der Waals surface area (Å²) >= 11 is 0. The molecule has 1 aromatic heterocycles. The highest BCUT2D eigenvalue weighted by Gasteiger charge is 2.26. The Morgan fingerprint density at radius 3 is 1.61 bits per heavy atom. The molecule has 1 aromatic rings. The lowest BCUT2D eigenvalue weighted by molar-refractivity contribution is -0.138. The predicted molar refractivity (Wildman–Crippen MR) is 255 cm³/mol. The van der Waals surface area contributed by atoms with Crippen LogP contribution in [0.25, 0.3) is 0 Å². The highest BCUT2D eigenvalue weighted by molar-refractivity contribution is 7.51. The number of nitrogens with two attached hydrogens (primary N) is 1. The van der Waals surface area contributed by atoms with Crippen LogP contribution in [0.5, 0.6) is 0 Å². The van der Waals surface area contributed by atoms with Crippen LogP contribution in [0, 0.1) is 18.8 Å². The highest BCUT2D eigenvalue weighted by atomic mass is 31.2. The zero-order valence-corrected chi connectivity index (χ0v) is 42.8. The van der Waals surface area contributed by atoms with Crippen molar-refractivity contribution in [2.75, 3.05) is 145 Å². The quantitative estimate of drug-likeness (QED) is 0.0200. The number of H-pyrrole nitrogens is 1. The molecule has 27 heteroatoms. The molecule has 6 amide bonds. The number of aromatic amines is 1. The van der Waals surface area contributed by atoms with Gasteiger partial charge in [0.05, 0.1) is 138 Å². The molecular formula is C43H83N8O18P. The van der Waals surface area contributed by atoms with Gasteiger partial charge in [0.25, 0.3) is 0 Å². The number of imidazole rings is 1. The molecule has 408 valence electrons. The van der Waals surface area contributed by atoms with Crippen molar-refractivity contribution in [2.24, 2.45) is 17.6 Å². The molecule has 0 fully saturated rings. The van der Waals surface area contributed by atoms with E-state index in [1.807, 2.05) is 27.7 Å². The van der Waals surface area contributed by atoms with E-state index < -0.39 is 68.5 Å². The van der Waals surface area contributed by atoms with Gasteiger partial charge in [0.1, 0.15) is 12.1 Å². The molecular weight excluding hydrogens is 947 g/mol. The average molecular weight is 1030 g/mol. The molecule has 1 heterocycles. The van der Waals surface area contributed by atoms with Gasteiger partial charge in [0.15, 0.2) is 0 Å². The number of amides is 6. The summed E-state index contributed by atoms with van der Waals surface area (Å²) in [6.07, 6.45) is 4.08. The van der Waals surface area contributed by atoms with Crippen molar-refractivity contribution in [3.05, 3.63) is 18.2 Å². The number of carbonyl (C=O) groups excluding carboxylic acids is 6. The number of carbonyl (C=O) groups is 6. The van der Waals surface area contributed by atoms with E-state index in [0.717, 1.165) is 5.69 Å². The lowest BCUT2D eigenvalue weighted by Gasteiger charge is -2.25. The van der Waals surface area contributed by atoms with E-state index in [-0.39, 0.29) is 57.4 Å². The van der Waals surface area contributed by atoms with Gasteiger partial charge in [-0.1, -0.05) is 27.7 Å². The Kier molecular flexibility index (Phi) is 44.5. The van der Waals surface area contributed by atoms with E-state index in [1.165, 1.54) is 11.8 Å². The van der Waals surface area contributed by atoms with E-state index in [2.05, 4.69) is 37.0 Å². The van der Waals surface area contributed by atoms with Gasteiger partial charge in [-0.15, -0.1) is 0 Å². The van der Waals surface area contributed by atoms with Crippen LogP contribution in [-0.4, -0.2) is 223 Å². The monoisotopic (exact) mass is 1030 g/mol. The Morgan fingerprint density at radius 2 is 1.23 bits per heavy atom. The molecule has 0 spiro atoms. The lowest BCUT2D eigenvalue weighted by atomic mass is 10.0. The minimum absolute atomic E-state index is 0.0289. The molecule has 3 atom stereocenters. The summed E-state index contributed by atoms with van der Waals surface area (Å²) < 4.78 is 54.1. The fourth-order valence-corrected chi connectivity index (χ4v) is 6.42. The first-order valence-electron chi connectivity index (χ1n) is 23.1. The number of rotatable bonds is 41. The molecule has 1 rings (SSSR count). The van der Waals surface area contributed by atoms with E-state index in [1.54, 1.807) is 19.6 Å². The van der Waals surface area contributed by atoms with Gasteiger partial charge in [-0.2, -0.15) is 0 Å². The average Bonchev–Trinajstić information content (AvgIpc) is 3.79. The number of aliphatic hydroxyl groups is 1. The summed E-state index contributed by atoms with van der Waals surface area (Å²) in [5.74, 6) is -3.70. The Bertz CT molecular complexity index is 1530. The molecule has 70 heavy (non-hydrogen) atoms. The van der Waals surface area contributed by atoms with Crippen molar-refractivity contribution >= 4 is 43.5 Å². The van der Waals surface area contributed by atoms with Crippen molar-refractivity contribution in [1.82, 2.24) is 36.1 Å². The number of ether oxygens (including phenoxy) is 8. The predicted octanol–water partition coefficient (Wildman–Crippen LogP) is -1.75. The summed E-state index contributed by atoms with van der Waals surface area (Å²) in [6, 6.07) is -2.40. The Hall–Kier alpha value is -4.18. The molecule has 10 N–H and O–H groups in total. The maximum absolute atomic E-state index is 13.0. The van der Waals surface area contributed by atoms with Crippen molar-refractivity contribution in [3.8, 4) is 0 Å². The molecule has 0 radical (unpaired) electrons. The van der Waals surface area contributed by atoms with Crippen LogP contribution in [-0.2, 0) is 71.2 Å². The SMILES string of the molecule is CCCN(CC(=O)N[C@@H](CC(C)C)C(=O)NCC(=O)NC(CO)C(=O)NC[C@@H](C)CP(=O)(O)O)C(=O)CCOCCOCCOCCOCCOCCOCCOCCOC.Cc1cnc[nH]1.NC=O. The number of nitrogens with one attached hydrogen (secondary N) is 5. The number of hydrogen-bond acceptors (Lipinski definition) is 17. The van der Waals surface area contributed by atoms with Crippen LogP contribution in [0.2, 0.25) is 0 Å². The summed E-state index contributed by atoms with van der Waals surface area (Å²) in [4.78, 5) is 98.7. The fourth-order valence-electron chi connectivity index (χ4n) is 5.48. The Morgan fingerprint density at radius 1 is 0.771 bits per heavy atom. The molecule has 0 bridgehead atoms. The molecule has 26 nitrogen and oxygen atoms in total. The zero-order valence-electron chi connectivity index (χ0n) is 41.9. The van der Waals surface area contributed by atoms with Crippen LogP contribution in [0.3, 0.4) is 0 Å². The maximum atomic E-state index is 13.0. The highest BCUT2D eigenvalue weighted by Crippen LogP contribution is 2.36. The van der Waals surface area contributed by atoms with Gasteiger partial charge < -0.3 is 89.7 Å². The molecule has 1 unspecified atom stereocenters. The van der Waals surface area contributed by atoms with Crippen molar-refractivity contribution in [1.29, 1.82) is 0 Å². The Balaban J connectivity index is 0. The van der Waals surface area contributed by atoms with E-state index in [0.29, 0.717) is 98.9 Å². The smallest absolute Gasteiger partial charge is 0.325 e. The second-order valence-corrected chi connectivity index (χ2v) is 17.4. The topological polar surface area (TPSA) is 360 Å². The number of hydrogen-bond donors (Lipinski definition) is 9. The van der Waals surface area contributed by atoms with E-state index in [4.69, 9.17) is 52.5 Å². The molecule has 0 aliphatic heterocycles.